The van der Waals surface area contributed by atoms with Crippen molar-refractivity contribution < 1.29 is 4.74 Å². The Hall–Kier alpha value is -1.39. The van der Waals surface area contributed by atoms with Crippen LogP contribution in [0.25, 0.3) is 10.9 Å². The molecule has 1 aromatic carbocycles. The Morgan fingerprint density at radius 3 is 2.86 bits per heavy atom. The van der Waals surface area contributed by atoms with Crippen LogP contribution in [0.4, 0.5) is 0 Å². The Morgan fingerprint density at radius 1 is 1.18 bits per heavy atom. The van der Waals surface area contributed by atoms with Gasteiger partial charge in [0.05, 0.1) is 18.2 Å². The van der Waals surface area contributed by atoms with Crippen molar-refractivity contribution in [1.82, 2.24) is 9.88 Å². The molecule has 0 spiro atoms. The first-order valence-corrected chi connectivity index (χ1v) is 8.70. The lowest BCUT2D eigenvalue weighted by atomic mass is 9.95. The number of aromatic amines is 1. The maximum atomic E-state index is 5.63. The van der Waals surface area contributed by atoms with E-state index in [4.69, 9.17) is 17.0 Å². The van der Waals surface area contributed by atoms with E-state index in [-0.39, 0.29) is 0 Å². The van der Waals surface area contributed by atoms with Gasteiger partial charge in [0.25, 0.3) is 0 Å². The number of nitrogens with zero attached hydrogens (tertiary/aromatic N) is 1. The summed E-state index contributed by atoms with van der Waals surface area (Å²) in [5.41, 5.74) is 5.59. The Bertz CT molecular complexity index is 700. The lowest BCUT2D eigenvalue weighted by Crippen LogP contribution is -2.40. The maximum Gasteiger partial charge on any atom is 0.0825 e. The standard InChI is InChI=1S/C18H22N2OS/c22-18(20-7-9-21-10-8-20)12-13-5-6-15-14-3-1-2-4-16(14)19-17(15)11-13/h5-6,11,19H,1-4,7-10,12H2. The minimum atomic E-state index is 0.794. The van der Waals surface area contributed by atoms with Crippen molar-refractivity contribution >= 4 is 28.1 Å². The van der Waals surface area contributed by atoms with E-state index in [1.165, 1.54) is 47.8 Å². The fourth-order valence-electron chi connectivity index (χ4n) is 3.67. The molecule has 0 saturated carbocycles. The largest absolute Gasteiger partial charge is 0.378 e. The molecule has 0 unspecified atom stereocenters. The monoisotopic (exact) mass is 314 g/mol. The van der Waals surface area contributed by atoms with Crippen molar-refractivity contribution in [3.05, 3.63) is 35.0 Å². The minimum absolute atomic E-state index is 0.794. The zero-order valence-electron chi connectivity index (χ0n) is 12.9. The quantitative estimate of drug-likeness (QED) is 0.863. The first-order chi connectivity index (χ1) is 10.8. The van der Waals surface area contributed by atoms with E-state index >= 15 is 0 Å². The third-order valence-corrected chi connectivity index (χ3v) is 5.28. The third kappa shape index (κ3) is 2.66. The van der Waals surface area contributed by atoms with Gasteiger partial charge in [0.2, 0.25) is 0 Å². The summed E-state index contributed by atoms with van der Waals surface area (Å²) in [5.74, 6) is 0. The third-order valence-electron chi connectivity index (χ3n) is 4.88. The number of rotatable bonds is 2. The lowest BCUT2D eigenvalue weighted by molar-refractivity contribution is 0.0685. The molecule has 2 aliphatic rings. The summed E-state index contributed by atoms with van der Waals surface area (Å²) in [6.07, 6.45) is 5.91. The van der Waals surface area contributed by atoms with Crippen LogP contribution in [0, 0.1) is 0 Å². The zero-order chi connectivity index (χ0) is 14.9. The van der Waals surface area contributed by atoms with Crippen LogP contribution < -0.4 is 0 Å². The van der Waals surface area contributed by atoms with Gasteiger partial charge in [0.1, 0.15) is 0 Å². The molecule has 2 aromatic rings. The van der Waals surface area contributed by atoms with Crippen LogP contribution in [0.2, 0.25) is 0 Å². The number of morpholine rings is 1. The average molecular weight is 314 g/mol. The Kier molecular flexibility index (Phi) is 3.89. The number of thiocarbonyl (C=S) groups is 1. The van der Waals surface area contributed by atoms with E-state index in [0.717, 1.165) is 37.7 Å². The second kappa shape index (κ2) is 6.01. The number of nitrogens with one attached hydrogen (secondary N) is 1. The normalized spacial score (nSPS) is 18.5. The van der Waals surface area contributed by atoms with E-state index in [1.807, 2.05) is 0 Å². The number of ether oxygens (including phenoxy) is 1. The summed E-state index contributed by atoms with van der Waals surface area (Å²) in [6.45, 7) is 3.45. The summed E-state index contributed by atoms with van der Waals surface area (Å²) in [6, 6.07) is 6.82. The van der Waals surface area contributed by atoms with Gasteiger partial charge < -0.3 is 14.6 Å². The number of aryl methyl sites for hydroxylation is 2. The fourth-order valence-corrected chi connectivity index (χ4v) is 4.02. The number of hydrogen-bond donors (Lipinski definition) is 1. The molecule has 116 valence electrons. The zero-order valence-corrected chi connectivity index (χ0v) is 13.7. The number of aromatic nitrogens is 1. The van der Waals surface area contributed by atoms with Crippen molar-refractivity contribution in [2.45, 2.75) is 32.1 Å². The first-order valence-electron chi connectivity index (χ1n) is 8.29. The highest BCUT2D eigenvalue weighted by atomic mass is 32.1. The second-order valence-corrected chi connectivity index (χ2v) is 6.81. The highest BCUT2D eigenvalue weighted by Gasteiger charge is 2.17. The second-order valence-electron chi connectivity index (χ2n) is 6.34. The van der Waals surface area contributed by atoms with Gasteiger partial charge in [-0.25, -0.2) is 0 Å². The molecule has 4 heteroatoms. The first kappa shape index (κ1) is 14.2. The average Bonchev–Trinajstić information content (AvgIpc) is 2.93. The van der Waals surface area contributed by atoms with Crippen LogP contribution >= 0.6 is 12.2 Å². The van der Waals surface area contributed by atoms with Crippen LogP contribution in [0.5, 0.6) is 0 Å². The van der Waals surface area contributed by atoms with Crippen molar-refractivity contribution in [2.75, 3.05) is 26.3 Å². The summed E-state index contributed by atoms with van der Waals surface area (Å²) in [7, 11) is 0. The molecule has 1 N–H and O–H groups in total. The van der Waals surface area contributed by atoms with Crippen molar-refractivity contribution in [3.63, 3.8) is 0 Å². The van der Waals surface area contributed by atoms with E-state index < -0.39 is 0 Å². The molecule has 1 fully saturated rings. The Labute approximate surface area is 136 Å². The Morgan fingerprint density at radius 2 is 2.00 bits per heavy atom. The summed E-state index contributed by atoms with van der Waals surface area (Å²) >= 11 is 5.63. The van der Waals surface area contributed by atoms with Crippen LogP contribution in [-0.2, 0) is 24.0 Å². The van der Waals surface area contributed by atoms with Crippen LogP contribution in [0.1, 0.15) is 29.7 Å². The summed E-state index contributed by atoms with van der Waals surface area (Å²) < 4.78 is 5.40. The highest BCUT2D eigenvalue weighted by Crippen LogP contribution is 2.29. The van der Waals surface area contributed by atoms with Gasteiger partial charge in [-0.2, -0.15) is 0 Å². The van der Waals surface area contributed by atoms with Gasteiger partial charge in [0.15, 0.2) is 0 Å². The molecule has 0 amide bonds. The molecule has 1 aliphatic heterocycles. The van der Waals surface area contributed by atoms with Gasteiger partial charge in [-0.1, -0.05) is 24.4 Å². The molecular formula is C18H22N2OS. The predicted octanol–water partition coefficient (Wildman–Crippen LogP) is 3.25. The topological polar surface area (TPSA) is 28.3 Å². The predicted molar refractivity (Wildman–Crippen MR) is 93.6 cm³/mol. The molecular weight excluding hydrogens is 292 g/mol. The molecule has 0 atom stereocenters. The molecule has 1 aliphatic carbocycles. The van der Waals surface area contributed by atoms with E-state index in [1.54, 1.807) is 5.56 Å². The van der Waals surface area contributed by atoms with Gasteiger partial charge in [-0.3, -0.25) is 0 Å². The molecule has 2 heterocycles. The highest BCUT2D eigenvalue weighted by molar-refractivity contribution is 7.80. The van der Waals surface area contributed by atoms with Crippen LogP contribution in [0.15, 0.2) is 18.2 Å². The van der Waals surface area contributed by atoms with E-state index in [2.05, 4.69) is 28.1 Å². The van der Waals surface area contributed by atoms with Gasteiger partial charge in [0, 0.05) is 36.1 Å². The van der Waals surface area contributed by atoms with Crippen molar-refractivity contribution in [3.8, 4) is 0 Å². The Balaban J connectivity index is 1.56. The van der Waals surface area contributed by atoms with Crippen LogP contribution in [0.3, 0.4) is 0 Å². The molecule has 0 bridgehead atoms. The lowest BCUT2D eigenvalue weighted by Gasteiger charge is -2.29. The van der Waals surface area contributed by atoms with E-state index in [0.29, 0.717) is 0 Å². The molecule has 1 aromatic heterocycles. The molecule has 1 saturated heterocycles. The fraction of sp³-hybridized carbons (Fsp3) is 0.500. The summed E-state index contributed by atoms with van der Waals surface area (Å²) in [4.78, 5) is 6.95. The van der Waals surface area contributed by atoms with E-state index in [9.17, 15) is 0 Å². The van der Waals surface area contributed by atoms with Gasteiger partial charge in [-0.15, -0.1) is 0 Å². The molecule has 0 radical (unpaired) electrons. The number of fused-ring (bicyclic) bond motifs is 3. The number of hydrogen-bond acceptors (Lipinski definition) is 2. The minimum Gasteiger partial charge on any atom is -0.378 e. The van der Waals surface area contributed by atoms with Crippen molar-refractivity contribution in [2.24, 2.45) is 0 Å². The molecule has 3 nitrogen and oxygen atoms in total. The smallest absolute Gasteiger partial charge is 0.0825 e. The number of H-pyrrole nitrogens is 1. The number of benzene rings is 1. The van der Waals surface area contributed by atoms with Gasteiger partial charge in [-0.05, 0) is 42.9 Å². The summed E-state index contributed by atoms with van der Waals surface area (Å²) in [5, 5.41) is 1.41. The van der Waals surface area contributed by atoms with Gasteiger partial charge >= 0.3 is 0 Å². The van der Waals surface area contributed by atoms with Crippen molar-refractivity contribution in [1.29, 1.82) is 0 Å². The SMILES string of the molecule is S=C(Cc1ccc2c3c([nH]c2c1)CCCC3)N1CCOCC1. The van der Waals surface area contributed by atoms with Crippen LogP contribution in [-0.4, -0.2) is 41.2 Å². The molecule has 4 rings (SSSR count). The molecule has 22 heavy (non-hydrogen) atoms. The maximum absolute atomic E-state index is 5.63.